The van der Waals surface area contributed by atoms with Crippen LogP contribution in [-0.2, 0) is 25.9 Å². The zero-order chi connectivity index (χ0) is 33.5. The number of hydrogen-bond donors (Lipinski definition) is 4. The molecule has 14 heteroatoms. The molecule has 1 aliphatic rings. The molecule has 14 nitrogen and oxygen atoms in total. The van der Waals surface area contributed by atoms with Crippen LogP contribution in [0.3, 0.4) is 0 Å². The van der Waals surface area contributed by atoms with E-state index in [1.165, 1.54) is 0 Å². The molecule has 1 saturated heterocycles. The standard InChI is InChI=1S/C33H41N9O5/c1-39-20-24(17-27(39)31(43)35-9-6-10-42-11-13-47-14-12-42)37-33(45)29-18-25(21-41(29)3)38-32(44)28-16-23(19-40(28)2)36-30(34)22-7-5-8-26(15-22)46-4/h5,7-8,15-21H,6,9-14H2,1-4H3,(H2,34,36)(H,35,43)(H,37,45)(H,38,44). The van der Waals surface area contributed by atoms with E-state index in [0.29, 0.717) is 52.0 Å². The third-order valence-corrected chi connectivity index (χ3v) is 7.87. The molecule has 5 N–H and O–H groups in total. The first-order valence-corrected chi connectivity index (χ1v) is 15.3. The number of carbonyl (C=O) groups excluding carboxylic acids is 3. The van der Waals surface area contributed by atoms with Crippen molar-refractivity contribution in [1.29, 1.82) is 0 Å². The third-order valence-electron chi connectivity index (χ3n) is 7.87. The van der Waals surface area contributed by atoms with Crippen LogP contribution in [0.4, 0.5) is 17.1 Å². The lowest BCUT2D eigenvalue weighted by molar-refractivity contribution is 0.0374. The van der Waals surface area contributed by atoms with Gasteiger partial charge in [-0.05, 0) is 43.3 Å². The van der Waals surface area contributed by atoms with Crippen LogP contribution < -0.4 is 26.4 Å². The summed E-state index contributed by atoms with van der Waals surface area (Å²) in [6, 6.07) is 12.1. The lowest BCUT2D eigenvalue weighted by Crippen LogP contribution is -2.38. The Hall–Kier alpha value is -5.34. The highest BCUT2D eigenvalue weighted by atomic mass is 16.5. The topological polar surface area (TPSA) is 162 Å². The van der Waals surface area contributed by atoms with Gasteiger partial charge in [0, 0.05) is 64.9 Å². The molecular formula is C33H41N9O5. The van der Waals surface area contributed by atoms with Crippen molar-refractivity contribution in [3.63, 3.8) is 0 Å². The number of morpholine rings is 1. The van der Waals surface area contributed by atoms with Gasteiger partial charge in [0.25, 0.3) is 17.7 Å². The van der Waals surface area contributed by atoms with E-state index in [9.17, 15) is 14.4 Å². The monoisotopic (exact) mass is 643 g/mol. The van der Waals surface area contributed by atoms with Gasteiger partial charge in [0.2, 0.25) is 0 Å². The molecule has 3 aromatic heterocycles. The molecule has 4 heterocycles. The Kier molecular flexibility index (Phi) is 10.4. The minimum atomic E-state index is -0.389. The van der Waals surface area contributed by atoms with Crippen molar-refractivity contribution in [3.8, 4) is 5.75 Å². The van der Waals surface area contributed by atoms with E-state index in [4.69, 9.17) is 15.2 Å². The second-order valence-corrected chi connectivity index (χ2v) is 11.3. The fourth-order valence-electron chi connectivity index (χ4n) is 5.35. The number of carbonyl (C=O) groups is 3. The molecule has 248 valence electrons. The van der Waals surface area contributed by atoms with Crippen molar-refractivity contribution in [1.82, 2.24) is 23.9 Å². The van der Waals surface area contributed by atoms with E-state index in [1.54, 1.807) is 84.8 Å². The van der Waals surface area contributed by atoms with Gasteiger partial charge in [-0.3, -0.25) is 19.3 Å². The van der Waals surface area contributed by atoms with Gasteiger partial charge in [-0.1, -0.05) is 12.1 Å². The molecule has 5 rings (SSSR count). The highest BCUT2D eigenvalue weighted by Gasteiger charge is 2.19. The summed E-state index contributed by atoms with van der Waals surface area (Å²) in [5.41, 5.74) is 9.43. The molecule has 0 saturated carbocycles. The first-order valence-electron chi connectivity index (χ1n) is 15.3. The molecule has 0 atom stereocenters. The number of anilines is 2. The number of aryl methyl sites for hydroxylation is 3. The van der Waals surface area contributed by atoms with Gasteiger partial charge in [0.1, 0.15) is 28.7 Å². The van der Waals surface area contributed by atoms with E-state index < -0.39 is 0 Å². The Morgan fingerprint density at radius 3 is 2.09 bits per heavy atom. The Bertz CT molecular complexity index is 1780. The quantitative estimate of drug-likeness (QED) is 0.105. The fraction of sp³-hybridized carbons (Fsp3) is 0.333. The minimum absolute atomic E-state index is 0.212. The molecule has 0 bridgehead atoms. The largest absolute Gasteiger partial charge is 0.497 e. The van der Waals surface area contributed by atoms with E-state index in [0.717, 1.165) is 39.3 Å². The zero-order valence-corrected chi connectivity index (χ0v) is 27.1. The summed E-state index contributed by atoms with van der Waals surface area (Å²) in [7, 11) is 6.77. The molecule has 0 spiro atoms. The van der Waals surface area contributed by atoms with Gasteiger partial charge in [0.05, 0.1) is 37.4 Å². The molecule has 47 heavy (non-hydrogen) atoms. The molecule has 4 aromatic rings. The van der Waals surface area contributed by atoms with Crippen molar-refractivity contribution < 1.29 is 23.9 Å². The summed E-state index contributed by atoms with van der Waals surface area (Å²) in [5.74, 6) is -0.0383. The maximum absolute atomic E-state index is 13.2. The van der Waals surface area contributed by atoms with E-state index in [-0.39, 0.29) is 23.6 Å². The molecule has 1 aliphatic heterocycles. The smallest absolute Gasteiger partial charge is 0.272 e. The summed E-state index contributed by atoms with van der Waals surface area (Å²) < 4.78 is 15.6. The minimum Gasteiger partial charge on any atom is -0.497 e. The molecule has 0 radical (unpaired) electrons. The average molecular weight is 644 g/mol. The SMILES string of the molecule is COc1cccc(C(N)=Nc2cc(C(=O)Nc3cc(C(=O)Nc4cc(C(=O)NCCCN5CCOCC5)n(C)c4)n(C)c3)n(C)c2)c1. The molecule has 1 aromatic carbocycles. The van der Waals surface area contributed by atoms with E-state index in [2.05, 4.69) is 25.8 Å². The van der Waals surface area contributed by atoms with Crippen LogP contribution in [0.15, 0.2) is 66.0 Å². The second kappa shape index (κ2) is 14.8. The van der Waals surface area contributed by atoms with Crippen LogP contribution in [0.25, 0.3) is 0 Å². The van der Waals surface area contributed by atoms with Gasteiger partial charge in [-0.2, -0.15) is 0 Å². The third kappa shape index (κ3) is 8.28. The highest BCUT2D eigenvalue weighted by molar-refractivity contribution is 6.07. The van der Waals surface area contributed by atoms with Crippen LogP contribution in [0.2, 0.25) is 0 Å². The number of nitrogens with one attached hydrogen (secondary N) is 3. The van der Waals surface area contributed by atoms with E-state index >= 15 is 0 Å². The number of nitrogens with two attached hydrogens (primary N) is 1. The molecule has 1 fully saturated rings. The van der Waals surface area contributed by atoms with Crippen LogP contribution in [-0.4, -0.2) is 88.7 Å². The summed E-state index contributed by atoms with van der Waals surface area (Å²) in [4.78, 5) is 45.9. The first-order chi connectivity index (χ1) is 22.6. The molecule has 0 unspecified atom stereocenters. The van der Waals surface area contributed by atoms with Gasteiger partial charge in [-0.25, -0.2) is 4.99 Å². The molecule has 0 aliphatic carbocycles. The number of methoxy groups -OCH3 is 1. The van der Waals surface area contributed by atoms with Crippen molar-refractivity contribution >= 4 is 40.6 Å². The van der Waals surface area contributed by atoms with E-state index in [1.807, 2.05) is 18.2 Å². The van der Waals surface area contributed by atoms with Crippen molar-refractivity contribution in [2.24, 2.45) is 31.9 Å². The fourth-order valence-corrected chi connectivity index (χ4v) is 5.35. The van der Waals surface area contributed by atoms with Crippen molar-refractivity contribution in [2.75, 3.05) is 57.1 Å². The van der Waals surface area contributed by atoms with Gasteiger partial charge in [0.15, 0.2) is 0 Å². The maximum atomic E-state index is 13.2. The summed E-state index contributed by atoms with van der Waals surface area (Å²) in [6.07, 6.45) is 5.87. The van der Waals surface area contributed by atoms with Gasteiger partial charge < -0.3 is 44.9 Å². The number of aliphatic imine (C=N–C) groups is 1. The number of nitrogens with zero attached hydrogens (tertiary/aromatic N) is 5. The Morgan fingerprint density at radius 2 is 1.45 bits per heavy atom. The predicted octanol–water partition coefficient (Wildman–Crippen LogP) is 2.70. The van der Waals surface area contributed by atoms with Crippen LogP contribution in [0.5, 0.6) is 5.75 Å². The van der Waals surface area contributed by atoms with Crippen LogP contribution in [0.1, 0.15) is 43.4 Å². The maximum Gasteiger partial charge on any atom is 0.272 e. The van der Waals surface area contributed by atoms with Gasteiger partial charge in [-0.15, -0.1) is 0 Å². The van der Waals surface area contributed by atoms with Gasteiger partial charge >= 0.3 is 0 Å². The predicted molar refractivity (Wildman–Crippen MR) is 180 cm³/mol. The summed E-state index contributed by atoms with van der Waals surface area (Å²) in [5, 5.41) is 8.64. The molecule has 3 amide bonds. The molecular weight excluding hydrogens is 602 g/mol. The zero-order valence-electron chi connectivity index (χ0n) is 27.1. The number of amidine groups is 1. The number of amides is 3. The summed E-state index contributed by atoms with van der Waals surface area (Å²) in [6.45, 7) is 4.77. The number of benzene rings is 1. The normalized spacial score (nSPS) is 13.7. The number of ether oxygens (including phenoxy) is 2. The number of hydrogen-bond acceptors (Lipinski definition) is 7. The summed E-state index contributed by atoms with van der Waals surface area (Å²) >= 11 is 0. The lowest BCUT2D eigenvalue weighted by Gasteiger charge is -2.26. The second-order valence-electron chi connectivity index (χ2n) is 11.3. The van der Waals surface area contributed by atoms with Crippen LogP contribution in [0, 0.1) is 0 Å². The Labute approximate surface area is 273 Å². The average Bonchev–Trinajstić information content (AvgIpc) is 3.74. The number of aromatic nitrogens is 3. The van der Waals surface area contributed by atoms with Crippen molar-refractivity contribution in [2.45, 2.75) is 6.42 Å². The lowest BCUT2D eigenvalue weighted by atomic mass is 10.2. The number of rotatable bonds is 12. The Balaban J connectivity index is 1.17. The first kappa shape index (κ1) is 33.0. The Morgan fingerprint density at radius 1 is 0.851 bits per heavy atom. The highest BCUT2D eigenvalue weighted by Crippen LogP contribution is 2.22. The van der Waals surface area contributed by atoms with Crippen LogP contribution >= 0.6 is 0 Å². The van der Waals surface area contributed by atoms with Crippen molar-refractivity contribution in [3.05, 3.63) is 83.7 Å².